The van der Waals surface area contributed by atoms with Crippen molar-refractivity contribution in [3.05, 3.63) is 51.9 Å². The van der Waals surface area contributed by atoms with Gasteiger partial charge in [-0.2, -0.15) is 13.2 Å². The van der Waals surface area contributed by atoms with Crippen LogP contribution in [0.4, 0.5) is 17.6 Å². The molecule has 0 aromatic carbocycles. The fourth-order valence-corrected chi connectivity index (χ4v) is 3.73. The fraction of sp³-hybridized carbons (Fsp3) is 0.474. The quantitative estimate of drug-likeness (QED) is 0.442. The van der Waals surface area contributed by atoms with E-state index in [1.54, 1.807) is 12.1 Å². The van der Waals surface area contributed by atoms with E-state index < -0.39 is 35.6 Å². The molecule has 0 bridgehead atoms. The number of ether oxygens (including phenoxy) is 1. The number of nitrogens with two attached hydrogens (primary N) is 1. The second kappa shape index (κ2) is 8.27. The van der Waals surface area contributed by atoms with Crippen molar-refractivity contribution in [1.82, 2.24) is 10.3 Å². The first-order valence-corrected chi connectivity index (χ1v) is 9.90. The number of hydrogen-bond donors (Lipinski definition) is 3. The van der Waals surface area contributed by atoms with Crippen LogP contribution in [0.2, 0.25) is 0 Å². The summed E-state index contributed by atoms with van der Waals surface area (Å²) < 4.78 is 63.9. The Morgan fingerprint density at radius 3 is 2.73 bits per heavy atom. The number of aromatic nitrogens is 1. The highest BCUT2D eigenvalue weighted by molar-refractivity contribution is 9.10. The lowest BCUT2D eigenvalue weighted by atomic mass is 9.74. The van der Waals surface area contributed by atoms with Crippen LogP contribution in [-0.4, -0.2) is 46.5 Å². The van der Waals surface area contributed by atoms with Gasteiger partial charge in [-0.3, -0.25) is 4.98 Å². The monoisotopic (exact) mass is 492 g/mol. The molecule has 1 aliphatic carbocycles. The Labute approximate surface area is 179 Å². The first kappa shape index (κ1) is 22.7. The van der Waals surface area contributed by atoms with Gasteiger partial charge in [-0.05, 0) is 41.1 Å². The summed E-state index contributed by atoms with van der Waals surface area (Å²) >= 11 is 3.23. The molecule has 6 nitrogen and oxygen atoms in total. The number of aliphatic hydroxyl groups is 1. The van der Waals surface area contributed by atoms with Crippen molar-refractivity contribution in [3.8, 4) is 0 Å². The Morgan fingerprint density at radius 1 is 1.37 bits per heavy atom. The van der Waals surface area contributed by atoms with Gasteiger partial charge in [-0.25, -0.2) is 9.38 Å². The molecule has 0 fully saturated rings. The molecule has 1 aliphatic heterocycles. The van der Waals surface area contributed by atoms with Crippen molar-refractivity contribution in [3.63, 3.8) is 0 Å². The molecule has 11 heteroatoms. The highest BCUT2D eigenvalue weighted by atomic mass is 79.9. The Kier molecular flexibility index (Phi) is 6.26. The van der Waals surface area contributed by atoms with Crippen LogP contribution >= 0.6 is 15.9 Å². The predicted octanol–water partition coefficient (Wildman–Crippen LogP) is 3.45. The van der Waals surface area contributed by atoms with E-state index in [0.29, 0.717) is 4.47 Å². The maximum Gasteiger partial charge on any atom is 0.417 e. The number of alkyl halides is 4. The largest absolute Gasteiger partial charge is 0.417 e. The van der Waals surface area contributed by atoms with E-state index in [9.17, 15) is 18.3 Å². The third-order valence-corrected chi connectivity index (χ3v) is 5.48. The van der Waals surface area contributed by atoms with Gasteiger partial charge in [0.15, 0.2) is 11.8 Å². The number of rotatable bonds is 4. The summed E-state index contributed by atoms with van der Waals surface area (Å²) in [6.45, 7) is 0.530. The van der Waals surface area contributed by atoms with E-state index in [1.807, 2.05) is 0 Å². The van der Waals surface area contributed by atoms with Gasteiger partial charge in [0, 0.05) is 34.8 Å². The first-order chi connectivity index (χ1) is 13.9. The van der Waals surface area contributed by atoms with E-state index in [2.05, 4.69) is 31.2 Å². The van der Waals surface area contributed by atoms with Crippen LogP contribution in [0.3, 0.4) is 0 Å². The van der Waals surface area contributed by atoms with Gasteiger partial charge >= 0.3 is 6.18 Å². The summed E-state index contributed by atoms with van der Waals surface area (Å²) in [5.41, 5.74) is 0.200. The molecule has 3 unspecified atom stereocenters. The number of aliphatic imine (C=N–C) groups is 1. The van der Waals surface area contributed by atoms with E-state index in [0.717, 1.165) is 13.0 Å². The molecule has 1 aromatic rings. The third-order valence-electron chi connectivity index (χ3n) is 5.01. The minimum Gasteiger partial charge on any atom is -0.385 e. The van der Waals surface area contributed by atoms with E-state index in [1.165, 1.54) is 12.3 Å². The molecule has 30 heavy (non-hydrogen) atoms. The maximum absolute atomic E-state index is 15.4. The average Bonchev–Trinajstić information content (AvgIpc) is 2.85. The molecule has 164 valence electrons. The molecule has 0 amide bonds. The lowest BCUT2D eigenvalue weighted by Crippen LogP contribution is -2.52. The van der Waals surface area contributed by atoms with Crippen molar-refractivity contribution in [2.45, 2.75) is 43.4 Å². The van der Waals surface area contributed by atoms with Gasteiger partial charge in [0.05, 0.1) is 12.3 Å². The number of allylic oxidation sites excluding steroid dienone is 2. The second-order valence-corrected chi connectivity index (χ2v) is 8.25. The molecule has 0 saturated carbocycles. The van der Waals surface area contributed by atoms with E-state index in [-0.39, 0.29) is 36.9 Å². The zero-order valence-electron chi connectivity index (χ0n) is 16.0. The highest BCUT2D eigenvalue weighted by Gasteiger charge is 2.62. The van der Waals surface area contributed by atoms with E-state index >= 15 is 4.39 Å². The third kappa shape index (κ3) is 4.52. The first-order valence-electron chi connectivity index (χ1n) is 9.11. The van der Waals surface area contributed by atoms with Gasteiger partial charge in [-0.1, -0.05) is 6.08 Å². The molecular weight excluding hydrogens is 472 g/mol. The maximum atomic E-state index is 15.4. The van der Waals surface area contributed by atoms with Crippen molar-refractivity contribution in [2.75, 3.05) is 13.2 Å². The molecule has 3 atom stereocenters. The minimum atomic E-state index is -4.90. The lowest BCUT2D eigenvalue weighted by molar-refractivity contribution is -0.181. The van der Waals surface area contributed by atoms with Crippen LogP contribution in [0, 0.1) is 0 Å². The van der Waals surface area contributed by atoms with Crippen LogP contribution in [0.15, 0.2) is 51.2 Å². The van der Waals surface area contributed by atoms with E-state index in [4.69, 9.17) is 10.5 Å². The van der Waals surface area contributed by atoms with Crippen LogP contribution in [-0.2, 0) is 4.74 Å². The average molecular weight is 493 g/mol. The van der Waals surface area contributed by atoms with Crippen LogP contribution in [0.5, 0.6) is 0 Å². The number of nitrogens with zero attached hydrogens (tertiary/aromatic N) is 2. The summed E-state index contributed by atoms with van der Waals surface area (Å²) in [6.07, 6.45) is -3.26. The van der Waals surface area contributed by atoms with Crippen molar-refractivity contribution in [2.24, 2.45) is 10.7 Å². The molecule has 1 aromatic heterocycles. The van der Waals surface area contributed by atoms with Crippen molar-refractivity contribution >= 4 is 21.8 Å². The number of pyridine rings is 1. The second-order valence-electron chi connectivity index (χ2n) is 7.33. The Morgan fingerprint density at radius 2 is 2.10 bits per heavy atom. The predicted molar refractivity (Wildman–Crippen MR) is 106 cm³/mol. The smallest absolute Gasteiger partial charge is 0.385 e. The van der Waals surface area contributed by atoms with Crippen LogP contribution in [0.25, 0.3) is 0 Å². The number of hydrogen-bond acceptors (Lipinski definition) is 6. The van der Waals surface area contributed by atoms with Gasteiger partial charge in [0.2, 0.25) is 0 Å². The Bertz CT molecular complexity index is 884. The standard InChI is InChI=1S/C19H21BrF4N4O2/c1-17(21)5-4-12(27-16(29)13-3-2-11(20)9-26-13)8-14(17)18(19(22,23)24)6-7-30-10-15(25)28-18/h2-4,8-9,16,27,29H,5-7,10H2,1H3,(H2,25,28). The SMILES string of the molecule is CC1(F)CC=C(NC(O)c2ccc(Br)cn2)C=C1C1(C(F)(F)F)CCOCC(N)=N1. The summed E-state index contributed by atoms with van der Waals surface area (Å²) in [5.74, 6) is -0.357. The van der Waals surface area contributed by atoms with Gasteiger partial charge < -0.3 is 20.9 Å². The molecule has 2 aliphatic rings. The highest BCUT2D eigenvalue weighted by Crippen LogP contribution is 2.50. The fourth-order valence-electron chi connectivity index (χ4n) is 3.49. The normalized spacial score (nSPS) is 28.7. The van der Waals surface area contributed by atoms with Crippen LogP contribution < -0.4 is 11.1 Å². The molecule has 4 N–H and O–H groups in total. The summed E-state index contributed by atoms with van der Waals surface area (Å²) in [4.78, 5) is 7.72. The van der Waals surface area contributed by atoms with Gasteiger partial charge in [-0.15, -0.1) is 0 Å². The summed E-state index contributed by atoms with van der Waals surface area (Å²) in [7, 11) is 0. The van der Waals surface area contributed by atoms with Crippen molar-refractivity contribution in [1.29, 1.82) is 0 Å². The van der Waals surface area contributed by atoms with Crippen molar-refractivity contribution < 1.29 is 27.4 Å². The molecular formula is C19H21BrF4N4O2. The van der Waals surface area contributed by atoms with Crippen LogP contribution in [0.1, 0.15) is 31.7 Å². The molecule has 2 heterocycles. The topological polar surface area (TPSA) is 92.8 Å². The number of halogens is 5. The Balaban J connectivity index is 2.00. The minimum absolute atomic E-state index is 0.125. The van der Waals surface area contributed by atoms with Gasteiger partial charge in [0.1, 0.15) is 18.1 Å². The zero-order chi connectivity index (χ0) is 22.2. The molecule has 0 saturated heterocycles. The zero-order valence-corrected chi connectivity index (χ0v) is 17.6. The molecule has 0 radical (unpaired) electrons. The Hall–Kier alpha value is -1.98. The molecule has 3 rings (SSSR count). The number of nitrogens with one attached hydrogen (secondary N) is 1. The summed E-state index contributed by atoms with van der Waals surface area (Å²) in [6, 6.07) is 3.20. The van der Waals surface area contributed by atoms with Gasteiger partial charge in [0.25, 0.3) is 0 Å². The number of aliphatic hydroxyl groups excluding tert-OH is 1. The molecule has 0 spiro atoms. The summed E-state index contributed by atoms with van der Waals surface area (Å²) in [5, 5.41) is 13.0. The number of amidine groups is 1. The lowest BCUT2D eigenvalue weighted by Gasteiger charge is -2.40.